The molecule has 0 radical (unpaired) electrons. The fraction of sp³-hybridized carbons (Fsp3) is 0.278. The number of aldehydes is 1. The molecule has 0 aliphatic heterocycles. The Morgan fingerprint density at radius 2 is 1.74 bits per heavy atom. The maximum absolute atomic E-state index is 10.7. The molecule has 0 heterocycles. The van der Waals surface area contributed by atoms with Gasteiger partial charge >= 0.3 is 0 Å². The number of methoxy groups -OCH3 is 1. The third-order valence-corrected chi connectivity index (χ3v) is 3.53. The molecule has 0 N–H and O–H groups in total. The maximum Gasteiger partial charge on any atom is 0.161 e. The van der Waals surface area contributed by atoms with Crippen LogP contribution in [0.25, 0.3) is 0 Å². The molecule has 0 unspecified atom stereocenters. The van der Waals surface area contributed by atoms with Gasteiger partial charge in [0, 0.05) is 12.0 Å². The number of rotatable bonds is 8. The van der Waals surface area contributed by atoms with Gasteiger partial charge in [-0.05, 0) is 42.8 Å². The Hall–Kier alpha value is -2.20. The lowest BCUT2D eigenvalue weighted by Gasteiger charge is -2.12. The van der Waals surface area contributed by atoms with Crippen molar-refractivity contribution in [2.45, 2.75) is 13.3 Å². The fourth-order valence-corrected chi connectivity index (χ4v) is 2.19. The molecule has 0 spiro atoms. The van der Waals surface area contributed by atoms with Gasteiger partial charge in [0.2, 0.25) is 0 Å². The van der Waals surface area contributed by atoms with Crippen LogP contribution in [0.3, 0.4) is 0 Å². The molecular formula is C18H19ClO4. The zero-order valence-corrected chi connectivity index (χ0v) is 13.9. The molecule has 0 atom stereocenters. The lowest BCUT2D eigenvalue weighted by Crippen LogP contribution is -2.06. The van der Waals surface area contributed by atoms with Crippen molar-refractivity contribution in [3.8, 4) is 17.2 Å². The Bertz CT molecular complexity index is 670. The molecule has 0 fully saturated rings. The van der Waals surface area contributed by atoms with Crippen LogP contribution in [-0.4, -0.2) is 26.6 Å². The Morgan fingerprint density at radius 1 is 1.00 bits per heavy atom. The first kappa shape index (κ1) is 17.2. The third kappa shape index (κ3) is 4.89. The molecule has 2 aromatic carbocycles. The summed E-state index contributed by atoms with van der Waals surface area (Å²) in [5.74, 6) is 1.82. The van der Waals surface area contributed by atoms with Crippen molar-refractivity contribution in [3.63, 3.8) is 0 Å². The zero-order valence-electron chi connectivity index (χ0n) is 13.2. The minimum atomic E-state index is 0.472. The molecular weight excluding hydrogens is 316 g/mol. The molecule has 122 valence electrons. The summed E-state index contributed by atoms with van der Waals surface area (Å²) >= 11 is 6.07. The van der Waals surface area contributed by atoms with Crippen molar-refractivity contribution >= 4 is 17.9 Å². The molecule has 4 nitrogen and oxygen atoms in total. The van der Waals surface area contributed by atoms with Gasteiger partial charge in [-0.3, -0.25) is 4.79 Å². The van der Waals surface area contributed by atoms with Crippen molar-refractivity contribution in [1.29, 1.82) is 0 Å². The molecule has 0 aromatic heterocycles. The van der Waals surface area contributed by atoms with Gasteiger partial charge < -0.3 is 14.2 Å². The van der Waals surface area contributed by atoms with Gasteiger partial charge in [0.25, 0.3) is 0 Å². The summed E-state index contributed by atoms with van der Waals surface area (Å²) in [6.07, 6.45) is 1.47. The summed E-state index contributed by atoms with van der Waals surface area (Å²) in [4.78, 5) is 10.7. The zero-order chi connectivity index (χ0) is 16.7. The van der Waals surface area contributed by atoms with Gasteiger partial charge in [0.05, 0.1) is 25.3 Å². The molecule has 0 saturated heterocycles. The lowest BCUT2D eigenvalue weighted by atomic mass is 10.2. The van der Waals surface area contributed by atoms with Crippen LogP contribution < -0.4 is 14.2 Å². The van der Waals surface area contributed by atoms with Crippen molar-refractivity contribution in [1.82, 2.24) is 0 Å². The Morgan fingerprint density at radius 3 is 2.43 bits per heavy atom. The molecule has 0 bridgehead atoms. The standard InChI is InChI=1S/C18H19ClO4/c1-13-4-6-15(19)17(10-13)23-9-3-8-22-16-7-5-14(12-20)11-18(16)21-2/h4-7,10-12H,3,8-9H2,1-2H3. The van der Waals surface area contributed by atoms with Gasteiger partial charge in [-0.25, -0.2) is 0 Å². The van der Waals surface area contributed by atoms with Crippen LogP contribution in [0.15, 0.2) is 36.4 Å². The maximum atomic E-state index is 10.7. The second-order valence-corrected chi connectivity index (χ2v) is 5.42. The molecule has 0 aliphatic rings. The second kappa shape index (κ2) is 8.44. The Kier molecular flexibility index (Phi) is 6.29. The number of carbonyl (C=O) groups is 1. The smallest absolute Gasteiger partial charge is 0.161 e. The van der Waals surface area contributed by atoms with Gasteiger partial charge in [-0.1, -0.05) is 17.7 Å². The van der Waals surface area contributed by atoms with E-state index < -0.39 is 0 Å². The topological polar surface area (TPSA) is 44.8 Å². The van der Waals surface area contributed by atoms with E-state index in [9.17, 15) is 4.79 Å². The average molecular weight is 335 g/mol. The Balaban J connectivity index is 1.81. The monoisotopic (exact) mass is 334 g/mol. The first-order valence-electron chi connectivity index (χ1n) is 7.29. The lowest BCUT2D eigenvalue weighted by molar-refractivity contribution is 0.112. The molecule has 0 aliphatic carbocycles. The number of carbonyl (C=O) groups excluding carboxylic acids is 1. The highest BCUT2D eigenvalue weighted by molar-refractivity contribution is 6.32. The predicted molar refractivity (Wildman–Crippen MR) is 90.2 cm³/mol. The van der Waals surface area contributed by atoms with Crippen LogP contribution in [0.5, 0.6) is 17.2 Å². The number of halogens is 1. The number of ether oxygens (including phenoxy) is 3. The number of hydrogen-bond donors (Lipinski definition) is 0. The molecule has 0 saturated carbocycles. The number of hydrogen-bond acceptors (Lipinski definition) is 4. The van der Waals surface area contributed by atoms with E-state index in [1.165, 1.54) is 0 Å². The van der Waals surface area contributed by atoms with Gasteiger partial charge in [0.1, 0.15) is 12.0 Å². The minimum Gasteiger partial charge on any atom is -0.493 e. The summed E-state index contributed by atoms with van der Waals surface area (Å²) in [7, 11) is 1.54. The van der Waals surface area contributed by atoms with E-state index in [-0.39, 0.29) is 0 Å². The van der Waals surface area contributed by atoms with Crippen LogP contribution in [0.2, 0.25) is 5.02 Å². The quantitative estimate of drug-likeness (QED) is 0.533. The first-order valence-corrected chi connectivity index (χ1v) is 7.67. The van der Waals surface area contributed by atoms with Crippen LogP contribution in [0, 0.1) is 6.92 Å². The van der Waals surface area contributed by atoms with Gasteiger partial charge in [-0.15, -0.1) is 0 Å². The van der Waals surface area contributed by atoms with Crippen molar-refractivity contribution < 1.29 is 19.0 Å². The van der Waals surface area contributed by atoms with E-state index in [1.54, 1.807) is 25.3 Å². The summed E-state index contributed by atoms with van der Waals surface area (Å²) < 4.78 is 16.5. The molecule has 5 heteroatoms. The number of aryl methyl sites for hydroxylation is 1. The van der Waals surface area contributed by atoms with Crippen LogP contribution in [0.4, 0.5) is 0 Å². The normalized spacial score (nSPS) is 10.2. The predicted octanol–water partition coefficient (Wildman–Crippen LogP) is 4.32. The average Bonchev–Trinajstić information content (AvgIpc) is 2.57. The van der Waals surface area contributed by atoms with E-state index >= 15 is 0 Å². The summed E-state index contributed by atoms with van der Waals surface area (Å²) in [6, 6.07) is 10.7. The van der Waals surface area contributed by atoms with E-state index in [0.29, 0.717) is 47.5 Å². The van der Waals surface area contributed by atoms with E-state index in [1.807, 2.05) is 25.1 Å². The fourth-order valence-electron chi connectivity index (χ4n) is 2.02. The molecule has 23 heavy (non-hydrogen) atoms. The molecule has 2 aromatic rings. The van der Waals surface area contributed by atoms with Crippen LogP contribution in [-0.2, 0) is 0 Å². The first-order chi connectivity index (χ1) is 11.1. The highest BCUT2D eigenvalue weighted by Crippen LogP contribution is 2.28. The van der Waals surface area contributed by atoms with Crippen LogP contribution >= 0.6 is 11.6 Å². The van der Waals surface area contributed by atoms with E-state index in [0.717, 1.165) is 11.8 Å². The van der Waals surface area contributed by atoms with Crippen molar-refractivity contribution in [3.05, 3.63) is 52.5 Å². The second-order valence-electron chi connectivity index (χ2n) is 5.01. The van der Waals surface area contributed by atoms with E-state index in [4.69, 9.17) is 25.8 Å². The largest absolute Gasteiger partial charge is 0.493 e. The number of benzene rings is 2. The van der Waals surface area contributed by atoms with E-state index in [2.05, 4.69) is 0 Å². The minimum absolute atomic E-state index is 0.472. The van der Waals surface area contributed by atoms with Gasteiger partial charge in [-0.2, -0.15) is 0 Å². The molecule has 2 rings (SSSR count). The highest BCUT2D eigenvalue weighted by Gasteiger charge is 2.06. The van der Waals surface area contributed by atoms with Gasteiger partial charge in [0.15, 0.2) is 11.5 Å². The summed E-state index contributed by atoms with van der Waals surface area (Å²) in [6.45, 7) is 2.96. The third-order valence-electron chi connectivity index (χ3n) is 3.21. The molecule has 0 amide bonds. The summed E-state index contributed by atoms with van der Waals surface area (Å²) in [5, 5.41) is 0.600. The highest BCUT2D eigenvalue weighted by atomic mass is 35.5. The van der Waals surface area contributed by atoms with Crippen LogP contribution in [0.1, 0.15) is 22.3 Å². The summed E-state index contributed by atoms with van der Waals surface area (Å²) in [5.41, 5.74) is 1.65. The van der Waals surface area contributed by atoms with Crippen molar-refractivity contribution in [2.24, 2.45) is 0 Å². The Labute approximate surface area is 140 Å². The van der Waals surface area contributed by atoms with Crippen molar-refractivity contribution in [2.75, 3.05) is 20.3 Å². The SMILES string of the molecule is COc1cc(C=O)ccc1OCCCOc1cc(C)ccc1Cl.